The van der Waals surface area contributed by atoms with Crippen LogP contribution in [0, 0.1) is 28.6 Å². The summed E-state index contributed by atoms with van der Waals surface area (Å²) < 4.78 is 10.9. The first-order valence-electron chi connectivity index (χ1n) is 11.6. The van der Waals surface area contributed by atoms with E-state index in [4.69, 9.17) is 9.47 Å². The Morgan fingerprint density at radius 3 is 2.35 bits per heavy atom. The van der Waals surface area contributed by atoms with Gasteiger partial charge in [-0.25, -0.2) is 0 Å². The van der Waals surface area contributed by atoms with E-state index < -0.39 is 23.0 Å². The third-order valence-corrected chi connectivity index (χ3v) is 9.26. The Labute approximate surface area is 184 Å². The topological polar surface area (TPSA) is 86.7 Å². The Bertz CT molecular complexity index is 858. The van der Waals surface area contributed by atoms with Crippen molar-refractivity contribution in [3.05, 3.63) is 11.6 Å². The molecule has 0 spiro atoms. The first-order valence-corrected chi connectivity index (χ1v) is 11.6. The van der Waals surface area contributed by atoms with Crippen molar-refractivity contribution in [2.45, 2.75) is 84.7 Å². The molecule has 0 aliphatic heterocycles. The predicted octanol–water partition coefficient (Wildman–Crippen LogP) is 3.95. The third-order valence-electron chi connectivity index (χ3n) is 9.26. The van der Waals surface area contributed by atoms with Gasteiger partial charge in [-0.2, -0.15) is 0 Å². The molecular formula is C25H34O6. The molecule has 4 rings (SSSR count). The quantitative estimate of drug-likeness (QED) is 0.628. The van der Waals surface area contributed by atoms with Gasteiger partial charge in [0.2, 0.25) is 5.78 Å². The lowest BCUT2D eigenvalue weighted by Crippen LogP contribution is -2.59. The molecule has 4 aliphatic carbocycles. The fourth-order valence-corrected chi connectivity index (χ4v) is 7.77. The number of esters is 2. The molecule has 170 valence electrons. The number of ketones is 2. The Morgan fingerprint density at radius 1 is 0.968 bits per heavy atom. The Morgan fingerprint density at radius 2 is 1.68 bits per heavy atom. The summed E-state index contributed by atoms with van der Waals surface area (Å²) in [6, 6.07) is 0. The zero-order valence-electron chi connectivity index (χ0n) is 19.1. The number of carbonyl (C=O) groups is 4. The lowest BCUT2D eigenvalue weighted by atomic mass is 9.46. The summed E-state index contributed by atoms with van der Waals surface area (Å²) >= 11 is 0. The molecule has 31 heavy (non-hydrogen) atoms. The number of hydrogen-bond acceptors (Lipinski definition) is 6. The van der Waals surface area contributed by atoms with Crippen LogP contribution in [0.3, 0.4) is 0 Å². The summed E-state index contributed by atoms with van der Waals surface area (Å²) in [5.41, 5.74) is -0.348. The fraction of sp³-hybridized carbons (Fsp3) is 0.760. The van der Waals surface area contributed by atoms with E-state index in [9.17, 15) is 19.2 Å². The van der Waals surface area contributed by atoms with E-state index in [1.165, 1.54) is 19.4 Å². The number of ether oxygens (including phenoxy) is 2. The largest absolute Gasteiger partial charge is 0.458 e. The summed E-state index contributed by atoms with van der Waals surface area (Å²) in [7, 11) is 0. The van der Waals surface area contributed by atoms with Crippen LogP contribution < -0.4 is 0 Å². The molecule has 0 N–H and O–H groups in total. The highest BCUT2D eigenvalue weighted by atomic mass is 16.6. The summed E-state index contributed by atoms with van der Waals surface area (Å²) in [6.45, 7) is 6.70. The molecule has 0 unspecified atom stereocenters. The minimum Gasteiger partial charge on any atom is -0.458 e. The summed E-state index contributed by atoms with van der Waals surface area (Å²) in [6.07, 6.45) is 8.39. The van der Waals surface area contributed by atoms with Crippen LogP contribution in [0.25, 0.3) is 0 Å². The molecule has 4 aliphatic rings. The van der Waals surface area contributed by atoms with Gasteiger partial charge >= 0.3 is 11.9 Å². The van der Waals surface area contributed by atoms with Crippen LogP contribution in [0.15, 0.2) is 11.6 Å². The predicted molar refractivity (Wildman–Crippen MR) is 113 cm³/mol. The number of fused-ring (bicyclic) bond motifs is 5. The van der Waals surface area contributed by atoms with Gasteiger partial charge in [0.1, 0.15) is 0 Å². The normalized spacial score (nSPS) is 41.4. The van der Waals surface area contributed by atoms with E-state index >= 15 is 0 Å². The Hall–Kier alpha value is -1.98. The number of allylic oxidation sites excluding steroid dienone is 1. The molecule has 0 aromatic carbocycles. The van der Waals surface area contributed by atoms with E-state index in [2.05, 4.69) is 13.8 Å². The SMILES string of the molecule is CC(=O)OCC(=O)[C@@]1(OC(C)=O)CC[C@@H]2[C@@H]3CCC4=CC(=O)CC[C@]4(C)[C@H]3CC[C@@]21C. The van der Waals surface area contributed by atoms with Crippen LogP contribution in [-0.2, 0) is 28.7 Å². The Balaban J connectivity index is 1.67. The average Bonchev–Trinajstić information content (AvgIpc) is 2.99. The van der Waals surface area contributed by atoms with Crippen LogP contribution in [0.5, 0.6) is 0 Å². The van der Waals surface area contributed by atoms with Crippen molar-refractivity contribution >= 4 is 23.5 Å². The van der Waals surface area contributed by atoms with Crippen molar-refractivity contribution in [3.63, 3.8) is 0 Å². The van der Waals surface area contributed by atoms with Crippen LogP contribution >= 0.6 is 0 Å². The van der Waals surface area contributed by atoms with Crippen molar-refractivity contribution in [2.24, 2.45) is 28.6 Å². The number of carbonyl (C=O) groups excluding carboxylic acids is 4. The lowest BCUT2D eigenvalue weighted by Gasteiger charge is -2.59. The van der Waals surface area contributed by atoms with Gasteiger partial charge in [0.25, 0.3) is 0 Å². The van der Waals surface area contributed by atoms with Gasteiger partial charge < -0.3 is 9.47 Å². The van der Waals surface area contributed by atoms with E-state index in [0.29, 0.717) is 24.7 Å². The standard InChI is InChI=1S/C25H34O6/c1-15(26)30-14-22(29)25(31-16(2)27)12-9-21-19-6-5-17-13-18(28)7-10-23(17,3)20(19)8-11-24(21,25)4/h13,19-21H,5-12,14H2,1-4H3/t19-,20+,21-,23+,24+,25+/m1/s1. The molecule has 0 aromatic heterocycles. The van der Waals surface area contributed by atoms with Gasteiger partial charge in [-0.3, -0.25) is 19.2 Å². The van der Waals surface area contributed by atoms with Gasteiger partial charge in [-0.1, -0.05) is 19.4 Å². The number of Topliss-reactive ketones (excluding diaryl/α,β-unsaturated/α-hetero) is 1. The van der Waals surface area contributed by atoms with Gasteiger partial charge in [0.05, 0.1) is 0 Å². The fourth-order valence-electron chi connectivity index (χ4n) is 7.77. The molecule has 6 heteroatoms. The smallest absolute Gasteiger partial charge is 0.303 e. The van der Waals surface area contributed by atoms with E-state index in [-0.39, 0.29) is 29.5 Å². The van der Waals surface area contributed by atoms with Crippen LogP contribution in [0.4, 0.5) is 0 Å². The van der Waals surface area contributed by atoms with Gasteiger partial charge in [0.15, 0.2) is 18.0 Å². The van der Waals surface area contributed by atoms with Crippen molar-refractivity contribution in [3.8, 4) is 0 Å². The molecule has 3 saturated carbocycles. The molecule has 0 saturated heterocycles. The molecule has 0 aromatic rings. The zero-order chi connectivity index (χ0) is 22.6. The maximum atomic E-state index is 13.4. The molecule has 3 fully saturated rings. The number of rotatable bonds is 4. The van der Waals surface area contributed by atoms with Gasteiger partial charge in [-0.15, -0.1) is 0 Å². The minimum atomic E-state index is -1.23. The van der Waals surface area contributed by atoms with Crippen LogP contribution in [-0.4, -0.2) is 35.7 Å². The third kappa shape index (κ3) is 3.28. The van der Waals surface area contributed by atoms with Gasteiger partial charge in [-0.05, 0) is 74.2 Å². The lowest BCUT2D eigenvalue weighted by molar-refractivity contribution is -0.190. The molecule has 6 atom stereocenters. The van der Waals surface area contributed by atoms with E-state index in [1.54, 1.807) is 0 Å². The first-order chi connectivity index (χ1) is 14.5. The van der Waals surface area contributed by atoms with Crippen molar-refractivity contribution in [2.75, 3.05) is 6.61 Å². The monoisotopic (exact) mass is 430 g/mol. The average molecular weight is 431 g/mol. The second-order valence-electron chi connectivity index (χ2n) is 10.6. The molecule has 0 radical (unpaired) electrons. The van der Waals surface area contributed by atoms with E-state index in [0.717, 1.165) is 38.5 Å². The van der Waals surface area contributed by atoms with E-state index in [1.807, 2.05) is 6.08 Å². The zero-order valence-corrected chi connectivity index (χ0v) is 19.1. The second kappa shape index (κ2) is 7.56. The highest BCUT2D eigenvalue weighted by molar-refractivity contribution is 5.93. The second-order valence-corrected chi connectivity index (χ2v) is 10.6. The first kappa shape index (κ1) is 22.2. The van der Waals surface area contributed by atoms with Crippen molar-refractivity contribution < 1.29 is 28.7 Å². The summed E-state index contributed by atoms with van der Waals surface area (Å²) in [4.78, 5) is 48.8. The van der Waals surface area contributed by atoms with Crippen molar-refractivity contribution in [1.82, 2.24) is 0 Å². The maximum absolute atomic E-state index is 13.4. The van der Waals surface area contributed by atoms with Crippen molar-refractivity contribution in [1.29, 1.82) is 0 Å². The maximum Gasteiger partial charge on any atom is 0.303 e. The molecule has 6 nitrogen and oxygen atoms in total. The Kier molecular flexibility index (Phi) is 5.42. The molecular weight excluding hydrogens is 396 g/mol. The highest BCUT2D eigenvalue weighted by Crippen LogP contribution is 2.68. The molecule has 0 heterocycles. The van der Waals surface area contributed by atoms with Crippen LogP contribution in [0.1, 0.15) is 79.1 Å². The highest BCUT2D eigenvalue weighted by Gasteiger charge is 2.68. The van der Waals surface area contributed by atoms with Gasteiger partial charge in [0, 0.05) is 25.7 Å². The summed E-state index contributed by atoms with van der Waals surface area (Å²) in [5, 5.41) is 0. The number of hydrogen-bond donors (Lipinski definition) is 0. The minimum absolute atomic E-state index is 0.0482. The molecule has 0 amide bonds. The molecule has 0 bridgehead atoms. The van der Waals surface area contributed by atoms with Crippen LogP contribution in [0.2, 0.25) is 0 Å². The summed E-state index contributed by atoms with van der Waals surface area (Å²) in [5.74, 6) is 0.156.